The molecule has 0 aliphatic carbocycles. The van der Waals surface area contributed by atoms with E-state index in [4.69, 9.17) is 41.2 Å². The van der Waals surface area contributed by atoms with Crippen molar-refractivity contribution in [2.75, 3.05) is 19.3 Å². The Labute approximate surface area is 144 Å². The highest BCUT2D eigenvalue weighted by Gasteiger charge is 2.38. The van der Waals surface area contributed by atoms with Gasteiger partial charge in [-0.3, -0.25) is 4.79 Å². The number of thiocarbonyl (C=S) groups is 1. The van der Waals surface area contributed by atoms with Crippen LogP contribution in [0, 0.1) is 0 Å². The van der Waals surface area contributed by atoms with Gasteiger partial charge in [0.15, 0.2) is 0 Å². The van der Waals surface area contributed by atoms with Gasteiger partial charge in [0.1, 0.15) is 0 Å². The van der Waals surface area contributed by atoms with Crippen LogP contribution in [0.4, 0.5) is 0 Å². The second-order valence-electron chi connectivity index (χ2n) is 4.98. The van der Waals surface area contributed by atoms with Gasteiger partial charge in [-0.2, -0.15) is 11.8 Å². The van der Waals surface area contributed by atoms with Gasteiger partial charge in [-0.1, -0.05) is 35.4 Å². The van der Waals surface area contributed by atoms with Crippen LogP contribution in [0.5, 0.6) is 0 Å². The minimum atomic E-state index is -0.204. The second-order valence-corrected chi connectivity index (χ2v) is 7.45. The molecule has 0 radical (unpaired) electrons. The molecule has 0 spiro atoms. The van der Waals surface area contributed by atoms with Crippen LogP contribution in [0.3, 0.4) is 0 Å². The normalized spacial score (nSPS) is 17.6. The molecule has 1 heterocycles. The standard InChI is InChI=1S/C14H16Cl2N2OS2/c1-21-14(13(17)20)4-6-18(7-5-14)12(19)10-8-9(15)2-3-11(10)16/h2-3,8H,4-7H2,1H3,(H2,17,20). The molecular formula is C14H16Cl2N2OS2. The number of carbonyl (C=O) groups is 1. The molecule has 1 amide bonds. The molecule has 1 fully saturated rings. The highest BCUT2D eigenvalue weighted by Crippen LogP contribution is 2.35. The average molecular weight is 363 g/mol. The molecule has 1 aromatic rings. The van der Waals surface area contributed by atoms with Crippen molar-refractivity contribution in [2.24, 2.45) is 5.73 Å². The Kier molecular flexibility index (Phi) is 5.41. The van der Waals surface area contributed by atoms with E-state index in [1.807, 2.05) is 6.26 Å². The first-order valence-corrected chi connectivity index (χ1v) is 8.88. The van der Waals surface area contributed by atoms with Crippen LogP contribution in [-0.4, -0.2) is 39.9 Å². The van der Waals surface area contributed by atoms with Crippen LogP contribution in [-0.2, 0) is 0 Å². The third kappa shape index (κ3) is 3.47. The molecule has 3 nitrogen and oxygen atoms in total. The molecule has 0 unspecified atom stereocenters. The molecule has 114 valence electrons. The topological polar surface area (TPSA) is 46.3 Å². The van der Waals surface area contributed by atoms with Crippen molar-refractivity contribution in [3.8, 4) is 0 Å². The molecule has 2 rings (SSSR count). The van der Waals surface area contributed by atoms with Gasteiger partial charge < -0.3 is 10.6 Å². The van der Waals surface area contributed by atoms with E-state index in [1.165, 1.54) is 0 Å². The number of carbonyl (C=O) groups excluding carboxylic acids is 1. The summed E-state index contributed by atoms with van der Waals surface area (Å²) in [5.41, 5.74) is 6.30. The van der Waals surface area contributed by atoms with E-state index < -0.39 is 0 Å². The molecule has 0 saturated carbocycles. The molecule has 1 saturated heterocycles. The number of likely N-dealkylation sites (tertiary alicyclic amines) is 1. The Bertz CT molecular complexity index is 572. The Balaban J connectivity index is 2.13. The molecule has 7 heteroatoms. The van der Waals surface area contributed by atoms with Gasteiger partial charge in [-0.15, -0.1) is 0 Å². The maximum atomic E-state index is 12.6. The van der Waals surface area contributed by atoms with E-state index in [1.54, 1.807) is 34.9 Å². The zero-order valence-electron chi connectivity index (χ0n) is 11.6. The zero-order chi connectivity index (χ0) is 15.6. The number of nitrogens with zero attached hydrogens (tertiary/aromatic N) is 1. The summed E-state index contributed by atoms with van der Waals surface area (Å²) in [5, 5.41) is 0.918. The first-order valence-electron chi connectivity index (χ1n) is 6.49. The molecule has 1 aliphatic heterocycles. The quantitative estimate of drug-likeness (QED) is 0.834. The van der Waals surface area contributed by atoms with E-state index in [0.717, 1.165) is 12.8 Å². The van der Waals surface area contributed by atoms with Gasteiger partial charge in [-0.05, 0) is 37.3 Å². The minimum absolute atomic E-state index is 0.0971. The molecule has 0 atom stereocenters. The van der Waals surface area contributed by atoms with Gasteiger partial charge in [0.25, 0.3) is 5.91 Å². The summed E-state index contributed by atoms with van der Waals surface area (Å²) < 4.78 is -0.204. The van der Waals surface area contributed by atoms with E-state index in [-0.39, 0.29) is 10.7 Å². The van der Waals surface area contributed by atoms with Gasteiger partial charge in [-0.25, -0.2) is 0 Å². The Hall–Kier alpha value is -0.490. The van der Waals surface area contributed by atoms with E-state index >= 15 is 0 Å². The summed E-state index contributed by atoms with van der Waals surface area (Å²) >= 11 is 18.9. The van der Waals surface area contributed by atoms with Gasteiger partial charge in [0, 0.05) is 18.1 Å². The fraction of sp³-hybridized carbons (Fsp3) is 0.429. The van der Waals surface area contributed by atoms with Crippen molar-refractivity contribution < 1.29 is 4.79 Å². The fourth-order valence-electron chi connectivity index (χ4n) is 2.45. The van der Waals surface area contributed by atoms with Crippen molar-refractivity contribution in [2.45, 2.75) is 17.6 Å². The van der Waals surface area contributed by atoms with Crippen molar-refractivity contribution in [1.29, 1.82) is 0 Å². The number of hydrogen-bond acceptors (Lipinski definition) is 3. The van der Waals surface area contributed by atoms with Crippen LogP contribution in [0.1, 0.15) is 23.2 Å². The summed E-state index contributed by atoms with van der Waals surface area (Å²) in [6.07, 6.45) is 3.52. The van der Waals surface area contributed by atoms with Gasteiger partial charge in [0.05, 0.1) is 20.3 Å². The minimum Gasteiger partial charge on any atom is -0.392 e. The maximum Gasteiger partial charge on any atom is 0.255 e. The number of amides is 1. The van der Waals surface area contributed by atoms with E-state index in [9.17, 15) is 4.79 Å². The smallest absolute Gasteiger partial charge is 0.255 e. The molecule has 0 bridgehead atoms. The van der Waals surface area contributed by atoms with Gasteiger partial charge >= 0.3 is 0 Å². The number of rotatable bonds is 3. The largest absolute Gasteiger partial charge is 0.392 e. The van der Waals surface area contributed by atoms with Crippen molar-refractivity contribution in [3.63, 3.8) is 0 Å². The molecule has 1 aliphatic rings. The molecule has 21 heavy (non-hydrogen) atoms. The summed E-state index contributed by atoms with van der Waals surface area (Å²) in [6.45, 7) is 1.22. The lowest BCUT2D eigenvalue weighted by Gasteiger charge is -2.40. The number of halogens is 2. The monoisotopic (exact) mass is 362 g/mol. The first kappa shape index (κ1) is 16.9. The highest BCUT2D eigenvalue weighted by atomic mass is 35.5. The lowest BCUT2D eigenvalue weighted by Crippen LogP contribution is -2.50. The summed E-state index contributed by atoms with van der Waals surface area (Å²) in [7, 11) is 0. The van der Waals surface area contributed by atoms with Crippen molar-refractivity contribution >= 4 is 58.1 Å². The summed E-state index contributed by atoms with van der Waals surface area (Å²) in [6, 6.07) is 4.92. The third-order valence-electron chi connectivity index (χ3n) is 3.86. The van der Waals surface area contributed by atoms with E-state index in [0.29, 0.717) is 33.7 Å². The predicted molar refractivity (Wildman–Crippen MR) is 94.6 cm³/mol. The summed E-state index contributed by atoms with van der Waals surface area (Å²) in [5.74, 6) is -0.0971. The SMILES string of the molecule is CSC1(C(N)=S)CCN(C(=O)c2cc(Cl)ccc2Cl)CC1. The predicted octanol–water partition coefficient (Wildman–Crippen LogP) is 3.62. The third-order valence-corrected chi connectivity index (χ3v) is 6.35. The number of hydrogen-bond donors (Lipinski definition) is 1. The first-order chi connectivity index (χ1) is 9.89. The van der Waals surface area contributed by atoms with Gasteiger partial charge in [0.2, 0.25) is 0 Å². The Morgan fingerprint density at radius 3 is 2.52 bits per heavy atom. The molecular weight excluding hydrogens is 347 g/mol. The molecule has 0 aromatic heterocycles. The van der Waals surface area contributed by atoms with Crippen molar-refractivity contribution in [3.05, 3.63) is 33.8 Å². The fourth-order valence-corrected chi connectivity index (χ4v) is 4.07. The van der Waals surface area contributed by atoms with Crippen molar-refractivity contribution in [1.82, 2.24) is 4.90 Å². The van der Waals surface area contributed by atoms with Crippen LogP contribution in [0.25, 0.3) is 0 Å². The lowest BCUT2D eigenvalue weighted by molar-refractivity contribution is 0.0719. The summed E-state index contributed by atoms with van der Waals surface area (Å²) in [4.78, 5) is 14.9. The number of thioether (sulfide) groups is 1. The van der Waals surface area contributed by atoms with Crippen LogP contribution in [0.15, 0.2) is 18.2 Å². The maximum absolute atomic E-state index is 12.6. The number of benzene rings is 1. The van der Waals surface area contributed by atoms with Crippen LogP contribution < -0.4 is 5.73 Å². The Morgan fingerprint density at radius 2 is 2.00 bits per heavy atom. The zero-order valence-corrected chi connectivity index (χ0v) is 14.7. The highest BCUT2D eigenvalue weighted by molar-refractivity contribution is 8.02. The second kappa shape index (κ2) is 6.73. The molecule has 2 N–H and O–H groups in total. The average Bonchev–Trinajstić information content (AvgIpc) is 2.49. The molecule has 1 aromatic carbocycles. The Morgan fingerprint density at radius 1 is 1.38 bits per heavy atom. The van der Waals surface area contributed by atoms with Crippen LogP contribution in [0.2, 0.25) is 10.0 Å². The number of piperidine rings is 1. The van der Waals surface area contributed by atoms with Crippen LogP contribution >= 0.6 is 47.2 Å². The lowest BCUT2D eigenvalue weighted by atomic mass is 9.95. The number of nitrogens with two attached hydrogens (primary N) is 1. The van der Waals surface area contributed by atoms with E-state index in [2.05, 4.69) is 0 Å².